The van der Waals surface area contributed by atoms with Crippen LogP contribution in [0.1, 0.15) is 0 Å². The van der Waals surface area contributed by atoms with Crippen LogP contribution in [0, 0.1) is 0 Å². The first-order chi connectivity index (χ1) is 12.7. The van der Waals surface area contributed by atoms with Crippen LogP contribution in [0.4, 0.5) is 0 Å². The van der Waals surface area contributed by atoms with E-state index in [9.17, 15) is 0 Å². The molecule has 134 valence electrons. The molecule has 2 aromatic carbocycles. The van der Waals surface area contributed by atoms with Crippen molar-refractivity contribution < 1.29 is 21.1 Å². The summed E-state index contributed by atoms with van der Waals surface area (Å²) >= 11 is 9.81. The van der Waals surface area contributed by atoms with Gasteiger partial charge in [-0.3, -0.25) is 19.9 Å². The quantitative estimate of drug-likeness (QED) is 0.206. The fraction of sp³-hybridized carbons (Fsp3) is 0. The van der Waals surface area contributed by atoms with Gasteiger partial charge in [-0.2, -0.15) is 0 Å². The molecule has 27 heavy (non-hydrogen) atoms. The average Bonchev–Trinajstić information content (AvgIpc) is 2.69. The number of hydrogen-bond donors (Lipinski definition) is 0. The molecule has 0 N–H and O–H groups in total. The summed E-state index contributed by atoms with van der Waals surface area (Å²) in [6.45, 7) is 0. The summed E-state index contributed by atoms with van der Waals surface area (Å²) < 4.78 is 0. The van der Waals surface area contributed by atoms with Gasteiger partial charge in [-0.05, 0) is 24.3 Å². The second-order valence-electron chi connectivity index (χ2n) is 5.54. The molecule has 0 saturated heterocycles. The first-order valence-corrected chi connectivity index (χ1v) is 8.73. The summed E-state index contributed by atoms with van der Waals surface area (Å²) in [7, 11) is 0. The van der Waals surface area contributed by atoms with Gasteiger partial charge in [0.15, 0.2) is 0 Å². The van der Waals surface area contributed by atoms with E-state index in [2.05, 4.69) is 44.2 Å². The molecular formula is C20H12N4PtS2. The minimum absolute atomic E-state index is 0. The third kappa shape index (κ3) is 4.19. The molecule has 4 nitrogen and oxygen atoms in total. The van der Waals surface area contributed by atoms with Gasteiger partial charge in [0.1, 0.15) is 0 Å². The summed E-state index contributed by atoms with van der Waals surface area (Å²) in [4.78, 5) is 16.9. The van der Waals surface area contributed by atoms with Gasteiger partial charge in [0.05, 0.1) is 22.1 Å². The second-order valence-corrected chi connectivity index (χ2v) is 6.31. The summed E-state index contributed by atoms with van der Waals surface area (Å²) in [5, 5.41) is 3.09. The van der Waals surface area contributed by atoms with Crippen molar-refractivity contribution in [1.29, 1.82) is 0 Å². The molecule has 0 aliphatic carbocycles. The SMILES string of the molecule is [Pt+2].[S-]c1nc2ccccc2nc1[S-].c1cnc2c(c1)ccc1cccnc12. The molecule has 0 fully saturated rings. The van der Waals surface area contributed by atoms with E-state index in [0.717, 1.165) is 32.8 Å². The monoisotopic (exact) mass is 567 g/mol. The maximum atomic E-state index is 4.90. The van der Waals surface area contributed by atoms with E-state index in [-0.39, 0.29) is 21.1 Å². The second kappa shape index (κ2) is 8.61. The molecule has 0 saturated carbocycles. The zero-order valence-electron chi connectivity index (χ0n) is 13.8. The number of para-hydroxylation sites is 2. The van der Waals surface area contributed by atoms with Crippen LogP contribution >= 0.6 is 0 Å². The van der Waals surface area contributed by atoms with Gasteiger partial charge in [-0.25, -0.2) is 0 Å². The largest absolute Gasteiger partial charge is 2.00 e. The number of nitrogens with zero attached hydrogens (tertiary/aromatic N) is 4. The Hall–Kier alpha value is -2.27. The molecule has 5 rings (SSSR count). The van der Waals surface area contributed by atoms with Crippen LogP contribution < -0.4 is 0 Å². The van der Waals surface area contributed by atoms with Crippen LogP contribution in [0.3, 0.4) is 0 Å². The minimum Gasteiger partial charge on any atom is -0.760 e. The van der Waals surface area contributed by atoms with E-state index in [1.54, 1.807) is 12.4 Å². The molecular weight excluding hydrogens is 555 g/mol. The molecule has 0 unspecified atom stereocenters. The van der Waals surface area contributed by atoms with Crippen LogP contribution in [-0.4, -0.2) is 19.9 Å². The van der Waals surface area contributed by atoms with Gasteiger partial charge in [-0.1, -0.05) is 46.5 Å². The van der Waals surface area contributed by atoms with Crippen molar-refractivity contribution in [3.63, 3.8) is 0 Å². The summed E-state index contributed by atoms with van der Waals surface area (Å²) in [5.74, 6) is 0. The van der Waals surface area contributed by atoms with Crippen LogP contribution in [0.5, 0.6) is 0 Å². The zero-order valence-corrected chi connectivity index (χ0v) is 17.8. The third-order valence-corrected chi connectivity index (χ3v) is 4.55. The van der Waals surface area contributed by atoms with Gasteiger partial charge in [-0.15, -0.1) is 0 Å². The Balaban J connectivity index is 0.000000152. The van der Waals surface area contributed by atoms with Crippen molar-refractivity contribution in [3.05, 3.63) is 73.1 Å². The maximum absolute atomic E-state index is 4.90. The molecule has 0 bridgehead atoms. The van der Waals surface area contributed by atoms with E-state index < -0.39 is 0 Å². The average molecular weight is 568 g/mol. The topological polar surface area (TPSA) is 51.6 Å². The fourth-order valence-corrected chi connectivity index (χ4v) is 2.94. The first-order valence-electron chi connectivity index (χ1n) is 7.92. The predicted octanol–water partition coefficient (Wildman–Crippen LogP) is 4.22. The normalized spacial score (nSPS) is 10.2. The summed E-state index contributed by atoms with van der Waals surface area (Å²) in [6.07, 6.45) is 3.60. The van der Waals surface area contributed by atoms with Gasteiger partial charge < -0.3 is 25.3 Å². The smallest absolute Gasteiger partial charge is 0.760 e. The van der Waals surface area contributed by atoms with E-state index in [4.69, 9.17) is 25.3 Å². The first kappa shape index (κ1) is 19.5. The molecule has 7 heteroatoms. The van der Waals surface area contributed by atoms with Crippen LogP contribution in [0.2, 0.25) is 0 Å². The third-order valence-electron chi connectivity index (χ3n) is 3.85. The summed E-state index contributed by atoms with van der Waals surface area (Å²) in [6, 6.07) is 19.7. The van der Waals surface area contributed by atoms with Gasteiger partial charge in [0.2, 0.25) is 0 Å². The molecule has 0 radical (unpaired) electrons. The Bertz CT molecular complexity index is 1140. The number of rotatable bonds is 0. The Labute approximate surface area is 181 Å². The molecule has 0 aliphatic heterocycles. The van der Waals surface area contributed by atoms with Gasteiger partial charge in [0.25, 0.3) is 0 Å². The molecule has 0 aliphatic rings. The molecule has 3 aromatic heterocycles. The van der Waals surface area contributed by atoms with Crippen molar-refractivity contribution in [2.45, 2.75) is 10.1 Å². The van der Waals surface area contributed by atoms with E-state index >= 15 is 0 Å². The Kier molecular flexibility index (Phi) is 6.22. The van der Waals surface area contributed by atoms with Gasteiger partial charge >= 0.3 is 21.1 Å². The van der Waals surface area contributed by atoms with Crippen LogP contribution in [-0.2, 0) is 46.3 Å². The van der Waals surface area contributed by atoms with Gasteiger partial charge in [0, 0.05) is 23.2 Å². The standard InChI is InChI=1S/C12H8N2.C8H6N2S2.Pt/c1-3-9-5-6-10-4-2-8-14-12(10)11(9)13-7-1;11-7-8(12)10-6-4-2-1-3-5(6)9-7;/h1-8H;1-4H,(H,9,11)(H,10,12);/q;;+2/p-2. The fourth-order valence-electron chi connectivity index (χ4n) is 2.65. The zero-order chi connectivity index (χ0) is 17.9. The maximum Gasteiger partial charge on any atom is 2.00 e. The number of benzene rings is 2. The van der Waals surface area contributed by atoms with Crippen molar-refractivity contribution in [1.82, 2.24) is 19.9 Å². The van der Waals surface area contributed by atoms with E-state index in [1.807, 2.05) is 36.4 Å². The number of pyridine rings is 2. The molecule has 0 spiro atoms. The van der Waals surface area contributed by atoms with Crippen molar-refractivity contribution in [3.8, 4) is 0 Å². The van der Waals surface area contributed by atoms with Crippen molar-refractivity contribution in [2.24, 2.45) is 0 Å². The van der Waals surface area contributed by atoms with Crippen LogP contribution in [0.25, 0.3) is 32.8 Å². The number of hydrogen-bond acceptors (Lipinski definition) is 6. The molecule has 5 aromatic rings. The van der Waals surface area contributed by atoms with Crippen LogP contribution in [0.15, 0.2) is 83.1 Å². The Morgan fingerprint density at radius 1 is 0.556 bits per heavy atom. The number of aromatic nitrogens is 4. The van der Waals surface area contributed by atoms with E-state index in [0.29, 0.717) is 10.1 Å². The minimum atomic E-state index is 0. The van der Waals surface area contributed by atoms with Crippen molar-refractivity contribution >= 4 is 58.1 Å². The number of fused-ring (bicyclic) bond motifs is 4. The molecule has 3 heterocycles. The predicted molar refractivity (Wildman–Crippen MR) is 108 cm³/mol. The molecule has 0 atom stereocenters. The Morgan fingerprint density at radius 2 is 1.00 bits per heavy atom. The van der Waals surface area contributed by atoms with Crippen molar-refractivity contribution in [2.75, 3.05) is 0 Å². The summed E-state index contributed by atoms with van der Waals surface area (Å²) in [5.41, 5.74) is 3.56. The van der Waals surface area contributed by atoms with E-state index in [1.165, 1.54) is 0 Å². The molecule has 0 amide bonds. The Morgan fingerprint density at radius 3 is 1.44 bits per heavy atom.